The van der Waals surface area contributed by atoms with E-state index in [0.29, 0.717) is 12.6 Å². The van der Waals surface area contributed by atoms with Gasteiger partial charge in [-0.1, -0.05) is 29.8 Å². The van der Waals surface area contributed by atoms with Gasteiger partial charge in [0.1, 0.15) is 0 Å². The van der Waals surface area contributed by atoms with Gasteiger partial charge in [0.25, 0.3) is 0 Å². The summed E-state index contributed by atoms with van der Waals surface area (Å²) in [6.45, 7) is 6.62. The SMILES string of the molecule is Cc1cccc(C(C)NCC(C)O)c1. The Labute approximate surface area is 86.0 Å². The molecule has 0 aliphatic rings. The number of rotatable bonds is 4. The second kappa shape index (κ2) is 5.13. The molecule has 0 bridgehead atoms. The molecule has 0 saturated carbocycles. The average molecular weight is 193 g/mol. The van der Waals surface area contributed by atoms with Gasteiger partial charge in [-0.15, -0.1) is 0 Å². The van der Waals surface area contributed by atoms with E-state index in [9.17, 15) is 0 Å². The van der Waals surface area contributed by atoms with E-state index in [1.807, 2.05) is 0 Å². The lowest BCUT2D eigenvalue weighted by atomic mass is 10.1. The summed E-state index contributed by atoms with van der Waals surface area (Å²) >= 11 is 0. The van der Waals surface area contributed by atoms with Crippen LogP contribution in [0.4, 0.5) is 0 Å². The van der Waals surface area contributed by atoms with Gasteiger partial charge in [-0.2, -0.15) is 0 Å². The molecule has 14 heavy (non-hydrogen) atoms. The molecule has 2 unspecified atom stereocenters. The first kappa shape index (κ1) is 11.2. The maximum atomic E-state index is 9.14. The highest BCUT2D eigenvalue weighted by molar-refractivity contribution is 5.24. The van der Waals surface area contributed by atoms with Crippen molar-refractivity contribution in [2.75, 3.05) is 6.54 Å². The Morgan fingerprint density at radius 3 is 2.64 bits per heavy atom. The fourth-order valence-electron chi connectivity index (χ4n) is 1.40. The van der Waals surface area contributed by atoms with E-state index >= 15 is 0 Å². The van der Waals surface area contributed by atoms with Crippen LogP contribution >= 0.6 is 0 Å². The molecule has 1 rings (SSSR count). The fraction of sp³-hybridized carbons (Fsp3) is 0.500. The summed E-state index contributed by atoms with van der Waals surface area (Å²) < 4.78 is 0. The Morgan fingerprint density at radius 2 is 2.07 bits per heavy atom. The van der Waals surface area contributed by atoms with E-state index in [1.165, 1.54) is 11.1 Å². The number of hydrogen-bond donors (Lipinski definition) is 2. The number of aliphatic hydroxyl groups is 1. The van der Waals surface area contributed by atoms with Gasteiger partial charge in [0.05, 0.1) is 6.10 Å². The van der Waals surface area contributed by atoms with Gasteiger partial charge >= 0.3 is 0 Å². The van der Waals surface area contributed by atoms with Crippen molar-refractivity contribution in [3.63, 3.8) is 0 Å². The molecular weight excluding hydrogens is 174 g/mol. The average Bonchev–Trinajstić information content (AvgIpc) is 2.14. The molecule has 0 fully saturated rings. The molecule has 1 aromatic carbocycles. The molecule has 0 amide bonds. The van der Waals surface area contributed by atoms with E-state index in [1.54, 1.807) is 6.92 Å². The van der Waals surface area contributed by atoms with Crippen LogP contribution in [0.5, 0.6) is 0 Å². The quantitative estimate of drug-likeness (QED) is 0.767. The summed E-state index contributed by atoms with van der Waals surface area (Å²) in [4.78, 5) is 0. The normalized spacial score (nSPS) is 15.1. The first-order valence-corrected chi connectivity index (χ1v) is 5.07. The maximum absolute atomic E-state index is 9.14. The Balaban J connectivity index is 2.56. The van der Waals surface area contributed by atoms with Gasteiger partial charge < -0.3 is 10.4 Å². The number of hydrogen-bond acceptors (Lipinski definition) is 2. The largest absolute Gasteiger partial charge is 0.392 e. The van der Waals surface area contributed by atoms with Crippen LogP contribution < -0.4 is 5.32 Å². The molecule has 2 atom stereocenters. The van der Waals surface area contributed by atoms with Crippen LogP contribution in [0.1, 0.15) is 31.0 Å². The van der Waals surface area contributed by atoms with Crippen LogP contribution in [0, 0.1) is 6.92 Å². The minimum Gasteiger partial charge on any atom is -0.392 e. The van der Waals surface area contributed by atoms with Crippen molar-refractivity contribution < 1.29 is 5.11 Å². The van der Waals surface area contributed by atoms with Crippen LogP contribution in [-0.4, -0.2) is 17.8 Å². The molecule has 0 aliphatic heterocycles. The molecule has 2 nitrogen and oxygen atoms in total. The van der Waals surface area contributed by atoms with Crippen LogP contribution in [0.25, 0.3) is 0 Å². The van der Waals surface area contributed by atoms with Gasteiger partial charge in [-0.05, 0) is 26.3 Å². The molecular formula is C12H19NO. The molecule has 78 valence electrons. The molecule has 2 heteroatoms. The van der Waals surface area contributed by atoms with Gasteiger partial charge in [0.15, 0.2) is 0 Å². The monoisotopic (exact) mass is 193 g/mol. The fourth-order valence-corrected chi connectivity index (χ4v) is 1.40. The summed E-state index contributed by atoms with van der Waals surface area (Å²) in [7, 11) is 0. The minimum absolute atomic E-state index is 0.290. The molecule has 0 aliphatic carbocycles. The summed E-state index contributed by atoms with van der Waals surface area (Å²) in [6, 6.07) is 8.72. The summed E-state index contributed by atoms with van der Waals surface area (Å²) in [5.74, 6) is 0. The number of aliphatic hydroxyl groups excluding tert-OH is 1. The second-order valence-corrected chi connectivity index (χ2v) is 3.89. The molecule has 0 saturated heterocycles. The van der Waals surface area contributed by atoms with E-state index in [-0.39, 0.29) is 6.10 Å². The van der Waals surface area contributed by atoms with Crippen LogP contribution in [0.2, 0.25) is 0 Å². The van der Waals surface area contributed by atoms with Crippen molar-refractivity contribution in [3.05, 3.63) is 35.4 Å². The third kappa shape index (κ3) is 3.48. The number of nitrogens with one attached hydrogen (secondary N) is 1. The van der Waals surface area contributed by atoms with Crippen LogP contribution in [0.3, 0.4) is 0 Å². The van der Waals surface area contributed by atoms with E-state index in [4.69, 9.17) is 5.11 Å². The van der Waals surface area contributed by atoms with Gasteiger partial charge in [-0.25, -0.2) is 0 Å². The summed E-state index contributed by atoms with van der Waals surface area (Å²) in [6.07, 6.45) is -0.290. The predicted molar refractivity (Wildman–Crippen MR) is 59.3 cm³/mol. The zero-order valence-corrected chi connectivity index (χ0v) is 9.12. The second-order valence-electron chi connectivity index (χ2n) is 3.89. The third-order valence-corrected chi connectivity index (χ3v) is 2.26. The smallest absolute Gasteiger partial charge is 0.0636 e. The lowest BCUT2D eigenvalue weighted by molar-refractivity contribution is 0.187. The van der Waals surface area contributed by atoms with Crippen molar-refractivity contribution in [3.8, 4) is 0 Å². The molecule has 2 N–H and O–H groups in total. The van der Waals surface area contributed by atoms with Crippen molar-refractivity contribution in [2.45, 2.75) is 32.9 Å². The van der Waals surface area contributed by atoms with E-state index in [2.05, 4.69) is 43.4 Å². The molecule has 0 radical (unpaired) electrons. The zero-order chi connectivity index (χ0) is 10.6. The first-order chi connectivity index (χ1) is 6.59. The highest BCUT2D eigenvalue weighted by Gasteiger charge is 2.05. The maximum Gasteiger partial charge on any atom is 0.0636 e. The lowest BCUT2D eigenvalue weighted by Crippen LogP contribution is -2.27. The summed E-state index contributed by atoms with van der Waals surface area (Å²) in [5, 5.41) is 12.4. The zero-order valence-electron chi connectivity index (χ0n) is 9.12. The van der Waals surface area contributed by atoms with Crippen molar-refractivity contribution >= 4 is 0 Å². The van der Waals surface area contributed by atoms with Crippen molar-refractivity contribution in [2.24, 2.45) is 0 Å². The molecule has 0 spiro atoms. The van der Waals surface area contributed by atoms with Gasteiger partial charge in [0, 0.05) is 12.6 Å². The Hall–Kier alpha value is -0.860. The number of aryl methyl sites for hydroxylation is 1. The van der Waals surface area contributed by atoms with Gasteiger partial charge in [-0.3, -0.25) is 0 Å². The summed E-state index contributed by atoms with van der Waals surface area (Å²) in [5.41, 5.74) is 2.54. The Bertz CT molecular complexity index is 283. The standard InChI is InChI=1S/C12H19NO/c1-9-5-4-6-12(7-9)11(3)13-8-10(2)14/h4-7,10-11,13-14H,8H2,1-3H3. The number of benzene rings is 1. The minimum atomic E-state index is -0.290. The van der Waals surface area contributed by atoms with Crippen LogP contribution in [0.15, 0.2) is 24.3 Å². The van der Waals surface area contributed by atoms with E-state index in [0.717, 1.165) is 0 Å². The molecule has 0 heterocycles. The molecule has 1 aromatic rings. The van der Waals surface area contributed by atoms with Crippen molar-refractivity contribution in [1.29, 1.82) is 0 Å². The van der Waals surface area contributed by atoms with E-state index < -0.39 is 0 Å². The highest BCUT2D eigenvalue weighted by atomic mass is 16.3. The van der Waals surface area contributed by atoms with Gasteiger partial charge in [0.2, 0.25) is 0 Å². The topological polar surface area (TPSA) is 32.3 Å². The Morgan fingerprint density at radius 1 is 1.36 bits per heavy atom. The van der Waals surface area contributed by atoms with Crippen molar-refractivity contribution in [1.82, 2.24) is 5.32 Å². The predicted octanol–water partition coefficient (Wildman–Crippen LogP) is 2.03. The Kier molecular flexibility index (Phi) is 4.11. The molecule has 0 aromatic heterocycles. The third-order valence-electron chi connectivity index (χ3n) is 2.26. The highest BCUT2D eigenvalue weighted by Crippen LogP contribution is 2.13. The van der Waals surface area contributed by atoms with Crippen LogP contribution in [-0.2, 0) is 0 Å². The first-order valence-electron chi connectivity index (χ1n) is 5.07. The lowest BCUT2D eigenvalue weighted by Gasteiger charge is -2.15.